The highest BCUT2D eigenvalue weighted by molar-refractivity contribution is 6.21. The highest BCUT2D eigenvalue weighted by Gasteiger charge is 2.36. The highest BCUT2D eigenvalue weighted by atomic mass is 16.2. The first-order valence-corrected chi connectivity index (χ1v) is 7.30. The second kappa shape index (κ2) is 5.80. The van der Waals surface area contributed by atoms with E-state index in [2.05, 4.69) is 0 Å². The molecule has 2 heterocycles. The molecule has 0 radical (unpaired) electrons. The van der Waals surface area contributed by atoms with Crippen molar-refractivity contribution in [3.05, 3.63) is 35.4 Å². The van der Waals surface area contributed by atoms with Gasteiger partial charge >= 0.3 is 0 Å². The van der Waals surface area contributed by atoms with Crippen LogP contribution in [-0.2, 0) is 19.2 Å². The Hall–Kier alpha value is -3.16. The number of rotatable bonds is 2. The predicted octanol–water partition coefficient (Wildman–Crippen LogP) is 0.265. The fraction of sp³-hybridized carbons (Fsp3) is 0.250. The maximum Gasteiger partial charge on any atom is 0.267 e. The Morgan fingerprint density at radius 3 is 1.08 bits per heavy atom. The molecule has 8 nitrogen and oxygen atoms in total. The summed E-state index contributed by atoms with van der Waals surface area (Å²) in [4.78, 5) is 71.8. The molecular formula is C16H12N2O6. The molecule has 1 aromatic carbocycles. The quantitative estimate of drug-likeness (QED) is 0.721. The van der Waals surface area contributed by atoms with Crippen molar-refractivity contribution in [1.82, 2.24) is 9.80 Å². The van der Waals surface area contributed by atoms with E-state index < -0.39 is 35.4 Å². The Morgan fingerprint density at radius 2 is 0.833 bits per heavy atom. The van der Waals surface area contributed by atoms with Gasteiger partial charge in [-0.05, 0) is 24.3 Å². The SMILES string of the molecule is O=C1CCC(=O)N1C(=O)c1ccc(C(=O)N2C(=O)CCC2=O)cc1. The molecule has 6 amide bonds. The van der Waals surface area contributed by atoms with E-state index >= 15 is 0 Å². The summed E-state index contributed by atoms with van der Waals surface area (Å²) in [5, 5.41) is 0. The van der Waals surface area contributed by atoms with Crippen molar-refractivity contribution < 1.29 is 28.8 Å². The zero-order valence-corrected chi connectivity index (χ0v) is 12.5. The smallest absolute Gasteiger partial charge is 0.267 e. The molecule has 0 saturated carbocycles. The second-order valence-electron chi connectivity index (χ2n) is 5.43. The molecule has 2 saturated heterocycles. The van der Waals surface area contributed by atoms with E-state index in [1.54, 1.807) is 0 Å². The maximum absolute atomic E-state index is 12.2. The summed E-state index contributed by atoms with van der Waals surface area (Å²) >= 11 is 0. The largest absolute Gasteiger partial charge is 0.274 e. The molecule has 0 atom stereocenters. The van der Waals surface area contributed by atoms with Gasteiger partial charge in [0, 0.05) is 36.8 Å². The molecule has 0 bridgehead atoms. The number of likely N-dealkylation sites (tertiary alicyclic amines) is 2. The van der Waals surface area contributed by atoms with Crippen LogP contribution in [0.25, 0.3) is 0 Å². The van der Waals surface area contributed by atoms with Crippen molar-refractivity contribution in [2.75, 3.05) is 0 Å². The minimum absolute atomic E-state index is 0.000323. The van der Waals surface area contributed by atoms with Crippen LogP contribution in [0.1, 0.15) is 46.4 Å². The van der Waals surface area contributed by atoms with Crippen LogP contribution < -0.4 is 0 Å². The van der Waals surface area contributed by atoms with Gasteiger partial charge in [0.15, 0.2) is 0 Å². The Bertz CT molecular complexity index is 696. The monoisotopic (exact) mass is 328 g/mol. The molecule has 2 fully saturated rings. The van der Waals surface area contributed by atoms with Crippen molar-refractivity contribution in [2.45, 2.75) is 25.7 Å². The van der Waals surface area contributed by atoms with E-state index in [9.17, 15) is 28.8 Å². The lowest BCUT2D eigenvalue weighted by molar-refractivity contribution is -0.136. The van der Waals surface area contributed by atoms with E-state index in [-0.39, 0.29) is 36.8 Å². The van der Waals surface area contributed by atoms with Gasteiger partial charge in [0.25, 0.3) is 11.8 Å². The third kappa shape index (κ3) is 2.51. The van der Waals surface area contributed by atoms with E-state index in [4.69, 9.17) is 0 Å². The molecular weight excluding hydrogens is 316 g/mol. The van der Waals surface area contributed by atoms with Crippen molar-refractivity contribution >= 4 is 35.4 Å². The van der Waals surface area contributed by atoms with E-state index in [1.165, 1.54) is 24.3 Å². The van der Waals surface area contributed by atoms with Crippen LogP contribution in [0.4, 0.5) is 0 Å². The zero-order chi connectivity index (χ0) is 17.4. The number of imide groups is 6. The molecule has 0 spiro atoms. The van der Waals surface area contributed by atoms with Crippen LogP contribution in [0.5, 0.6) is 0 Å². The summed E-state index contributed by atoms with van der Waals surface area (Å²) in [6.07, 6.45) is 0.00129. The number of hydrogen-bond donors (Lipinski definition) is 0. The van der Waals surface area contributed by atoms with Crippen molar-refractivity contribution in [2.24, 2.45) is 0 Å². The third-order valence-corrected chi connectivity index (χ3v) is 3.89. The maximum atomic E-state index is 12.2. The second-order valence-corrected chi connectivity index (χ2v) is 5.43. The molecule has 0 N–H and O–H groups in total. The number of carbonyl (C=O) groups is 6. The van der Waals surface area contributed by atoms with Crippen LogP contribution in [0.2, 0.25) is 0 Å². The van der Waals surface area contributed by atoms with Gasteiger partial charge in [-0.3, -0.25) is 28.8 Å². The van der Waals surface area contributed by atoms with Gasteiger partial charge in [-0.25, -0.2) is 9.80 Å². The normalized spacial score (nSPS) is 17.8. The lowest BCUT2D eigenvalue weighted by atomic mass is 10.1. The summed E-state index contributed by atoms with van der Waals surface area (Å²) in [5.41, 5.74) is 0.128. The molecule has 0 unspecified atom stereocenters. The molecule has 8 heteroatoms. The number of amides is 6. The Labute approximate surface area is 136 Å². The number of nitrogens with zero attached hydrogens (tertiary/aromatic N) is 2. The average molecular weight is 328 g/mol. The minimum atomic E-state index is -0.755. The van der Waals surface area contributed by atoms with Gasteiger partial charge in [-0.15, -0.1) is 0 Å². The zero-order valence-electron chi connectivity index (χ0n) is 12.5. The predicted molar refractivity (Wildman–Crippen MR) is 77.3 cm³/mol. The lowest BCUT2D eigenvalue weighted by Gasteiger charge is -2.13. The van der Waals surface area contributed by atoms with Crippen LogP contribution >= 0.6 is 0 Å². The van der Waals surface area contributed by atoms with Crippen molar-refractivity contribution in [1.29, 1.82) is 0 Å². The fourth-order valence-corrected chi connectivity index (χ4v) is 2.62. The molecule has 24 heavy (non-hydrogen) atoms. The highest BCUT2D eigenvalue weighted by Crippen LogP contribution is 2.19. The van der Waals surface area contributed by atoms with Crippen LogP contribution in [0.3, 0.4) is 0 Å². The Kier molecular flexibility index (Phi) is 3.80. The first kappa shape index (κ1) is 15.7. The molecule has 0 aliphatic carbocycles. The number of hydrogen-bond acceptors (Lipinski definition) is 6. The van der Waals surface area contributed by atoms with E-state index in [0.29, 0.717) is 9.80 Å². The van der Waals surface area contributed by atoms with Crippen LogP contribution in [-0.4, -0.2) is 45.2 Å². The summed E-state index contributed by atoms with van der Waals surface area (Å²) in [5.74, 6) is -3.74. The van der Waals surface area contributed by atoms with Gasteiger partial charge in [-0.1, -0.05) is 0 Å². The number of benzene rings is 1. The van der Waals surface area contributed by atoms with Gasteiger partial charge in [0.05, 0.1) is 0 Å². The van der Waals surface area contributed by atoms with Crippen LogP contribution in [0, 0.1) is 0 Å². The molecule has 2 aliphatic heterocycles. The summed E-state index contributed by atoms with van der Waals surface area (Å²) in [6.45, 7) is 0. The van der Waals surface area contributed by atoms with Gasteiger partial charge in [0.2, 0.25) is 23.6 Å². The van der Waals surface area contributed by atoms with Gasteiger partial charge in [0.1, 0.15) is 0 Å². The third-order valence-electron chi connectivity index (χ3n) is 3.89. The summed E-state index contributed by atoms with van der Waals surface area (Å²) < 4.78 is 0. The van der Waals surface area contributed by atoms with E-state index in [0.717, 1.165) is 0 Å². The first-order chi connectivity index (χ1) is 11.4. The lowest BCUT2D eigenvalue weighted by Crippen LogP contribution is -2.36. The fourth-order valence-electron chi connectivity index (χ4n) is 2.62. The Morgan fingerprint density at radius 1 is 0.583 bits per heavy atom. The molecule has 1 aromatic rings. The minimum Gasteiger partial charge on any atom is -0.274 e. The molecule has 122 valence electrons. The number of carbonyl (C=O) groups excluding carboxylic acids is 6. The van der Waals surface area contributed by atoms with Crippen molar-refractivity contribution in [3.8, 4) is 0 Å². The van der Waals surface area contributed by atoms with Gasteiger partial charge < -0.3 is 0 Å². The molecule has 2 aliphatic rings. The summed E-state index contributed by atoms with van der Waals surface area (Å²) in [7, 11) is 0. The topological polar surface area (TPSA) is 109 Å². The molecule has 0 aromatic heterocycles. The molecule has 3 rings (SSSR count). The van der Waals surface area contributed by atoms with Crippen LogP contribution in [0.15, 0.2) is 24.3 Å². The van der Waals surface area contributed by atoms with Crippen molar-refractivity contribution in [3.63, 3.8) is 0 Å². The van der Waals surface area contributed by atoms with E-state index in [1.807, 2.05) is 0 Å². The standard InChI is InChI=1S/C16H12N2O6/c19-11-5-6-12(20)17(11)15(23)9-1-2-10(4-3-9)16(24)18-13(21)7-8-14(18)22/h1-4H,5-8H2. The Balaban J connectivity index is 1.81. The average Bonchev–Trinajstić information content (AvgIpc) is 3.08. The first-order valence-electron chi connectivity index (χ1n) is 7.30. The van der Waals surface area contributed by atoms with Gasteiger partial charge in [-0.2, -0.15) is 0 Å². The summed E-state index contributed by atoms with van der Waals surface area (Å²) in [6, 6.07) is 5.11.